The van der Waals surface area contributed by atoms with Crippen LogP contribution in [0.25, 0.3) is 0 Å². The molecule has 0 heterocycles. The van der Waals surface area contributed by atoms with Crippen molar-refractivity contribution in [2.45, 2.75) is 12.1 Å². The van der Waals surface area contributed by atoms with E-state index in [0.29, 0.717) is 0 Å². The zero-order valence-corrected chi connectivity index (χ0v) is 3.70. The Hall–Kier alpha value is -0.110. The number of hydrogen-bond acceptors (Lipinski definition) is 1. The molecule has 0 aliphatic heterocycles. The van der Waals surface area contributed by atoms with Gasteiger partial charge in [0, 0.05) is 0 Å². The van der Waals surface area contributed by atoms with Crippen LogP contribution in [0, 0.1) is 0 Å². The van der Waals surface area contributed by atoms with E-state index in [0.717, 1.165) is 0 Å². The van der Waals surface area contributed by atoms with Gasteiger partial charge in [-0.3, -0.25) is 4.79 Å². The summed E-state index contributed by atoms with van der Waals surface area (Å²) in [6.45, 7) is 0. The molecule has 0 spiro atoms. The lowest BCUT2D eigenvalue weighted by Crippen LogP contribution is -1.85. The monoisotopic (exact) mass is 109 g/mol. The summed E-state index contributed by atoms with van der Waals surface area (Å²) >= 11 is 4.65. The van der Waals surface area contributed by atoms with Gasteiger partial charge in [-0.05, 0) is 0 Å². The van der Waals surface area contributed by atoms with Gasteiger partial charge in [0.05, 0.1) is 6.42 Å². The molecule has 0 N–H and O–H groups in total. The number of alkyl halides is 2. The van der Waals surface area contributed by atoms with Crippen LogP contribution in [-0.2, 0) is 4.79 Å². The fourth-order valence-corrected chi connectivity index (χ4v) is 0.126. The van der Waals surface area contributed by atoms with Crippen molar-refractivity contribution in [3.05, 3.63) is 0 Å². The quantitative estimate of drug-likeness (QED) is 0.484. The first-order chi connectivity index (χ1) is 2.77. The van der Waals surface area contributed by atoms with Gasteiger partial charge in [-0.2, -0.15) is 0 Å². The molecule has 1 radical (unpaired) electrons. The van der Waals surface area contributed by atoms with E-state index in [4.69, 9.17) is 4.79 Å². The van der Waals surface area contributed by atoms with Crippen LogP contribution in [0.1, 0.15) is 6.42 Å². The molecule has 0 aromatic rings. The molecule has 3 heteroatoms. The van der Waals surface area contributed by atoms with Crippen molar-refractivity contribution in [2.75, 3.05) is 0 Å². The molecule has 1 nitrogen and oxygen atoms in total. The molecule has 0 aromatic carbocycles. The summed E-state index contributed by atoms with van der Waals surface area (Å²) in [4.78, 5) is 9.17. The lowest BCUT2D eigenvalue weighted by molar-refractivity contribution is 0.443. The summed E-state index contributed by atoms with van der Waals surface area (Å²) in [6.07, 6.45) is 0.978. The second kappa shape index (κ2) is 3.09. The van der Waals surface area contributed by atoms with Gasteiger partial charge >= 0.3 is 0 Å². The van der Waals surface area contributed by atoms with Gasteiger partial charge in [0.25, 0.3) is 0 Å². The first-order valence-corrected chi connectivity index (χ1v) is 1.84. The lowest BCUT2D eigenvalue weighted by atomic mass is 10.5. The molecule has 0 aliphatic carbocycles. The van der Waals surface area contributed by atoms with Gasteiger partial charge in [0.1, 0.15) is 0 Å². The van der Waals surface area contributed by atoms with Crippen molar-refractivity contribution < 1.29 is 9.18 Å². The zero-order valence-electron chi connectivity index (χ0n) is 2.95. The highest BCUT2D eigenvalue weighted by atomic mass is 35.5. The Balaban J connectivity index is 2.81. The summed E-state index contributed by atoms with van der Waals surface area (Å²) in [5.74, 6) is 0. The third-order valence-electron chi connectivity index (χ3n) is 0.238. The molecule has 0 aliphatic rings. The number of hydrogen-bond donors (Lipinski definition) is 0. The minimum absolute atomic E-state index is 0.332. The molecule has 0 aromatic heterocycles. The van der Waals surface area contributed by atoms with E-state index < -0.39 is 5.63 Å². The lowest BCUT2D eigenvalue weighted by Gasteiger charge is -1.81. The van der Waals surface area contributed by atoms with E-state index in [1.165, 1.54) is 6.29 Å². The van der Waals surface area contributed by atoms with Crippen LogP contribution in [0.5, 0.6) is 0 Å². The molecule has 0 bridgehead atoms. The van der Waals surface area contributed by atoms with E-state index in [-0.39, 0.29) is 6.42 Å². The van der Waals surface area contributed by atoms with Gasteiger partial charge in [-0.25, -0.2) is 4.39 Å². The van der Waals surface area contributed by atoms with Crippen molar-refractivity contribution in [2.24, 2.45) is 0 Å². The molecular formula is C3H3ClFO. The van der Waals surface area contributed by atoms with Gasteiger partial charge in [0.2, 0.25) is 6.29 Å². The second-order valence-corrected chi connectivity index (χ2v) is 1.21. The minimum Gasteiger partial charge on any atom is -0.291 e. The van der Waals surface area contributed by atoms with E-state index >= 15 is 0 Å². The molecule has 35 valence electrons. The van der Waals surface area contributed by atoms with Crippen LogP contribution in [0.3, 0.4) is 0 Å². The van der Waals surface area contributed by atoms with E-state index in [2.05, 4.69) is 11.6 Å². The highest BCUT2D eigenvalue weighted by molar-refractivity contribution is 6.20. The highest BCUT2D eigenvalue weighted by Gasteiger charge is 1.95. The van der Waals surface area contributed by atoms with Crippen molar-refractivity contribution in [3.8, 4) is 0 Å². The number of halogens is 2. The predicted molar refractivity (Wildman–Crippen MR) is 21.1 cm³/mol. The molecular weight excluding hydrogens is 106 g/mol. The fourth-order valence-electron chi connectivity index (χ4n) is 0.0630. The minimum atomic E-state index is -1.55. The normalized spacial score (nSPS) is 13.7. The molecule has 0 rings (SSSR count). The smallest absolute Gasteiger partial charge is 0.202 e. The van der Waals surface area contributed by atoms with Crippen LogP contribution in [-0.4, -0.2) is 11.9 Å². The summed E-state index contributed by atoms with van der Waals surface area (Å²) in [7, 11) is 0. The number of carbonyl (C=O) groups excluding carboxylic acids is 1. The Morgan fingerprint density at radius 2 is 2.50 bits per heavy atom. The summed E-state index contributed by atoms with van der Waals surface area (Å²) in [5.41, 5.74) is -1.55. The Labute approximate surface area is 40.1 Å². The highest BCUT2D eigenvalue weighted by Crippen LogP contribution is 1.97. The maximum Gasteiger partial charge on any atom is 0.202 e. The zero-order chi connectivity index (χ0) is 4.99. The molecule has 0 fully saturated rings. The van der Waals surface area contributed by atoms with Gasteiger partial charge in [-0.15, -0.1) is 0 Å². The van der Waals surface area contributed by atoms with E-state index in [9.17, 15) is 4.39 Å². The average Bonchev–Trinajstić information content (AvgIpc) is 1.35. The Bertz CT molecular complexity index is 46.1. The molecule has 6 heavy (non-hydrogen) atoms. The first kappa shape index (κ1) is 5.89. The summed E-state index contributed by atoms with van der Waals surface area (Å²) in [5, 5.41) is 0. The second-order valence-electron chi connectivity index (χ2n) is 0.740. The Morgan fingerprint density at radius 3 is 2.50 bits per heavy atom. The largest absolute Gasteiger partial charge is 0.291 e. The van der Waals surface area contributed by atoms with Crippen LogP contribution in [0.2, 0.25) is 0 Å². The predicted octanol–water partition coefficient (Wildman–Crippen LogP) is 1.02. The summed E-state index contributed by atoms with van der Waals surface area (Å²) in [6, 6.07) is 0. The van der Waals surface area contributed by atoms with Gasteiger partial charge < -0.3 is 0 Å². The molecule has 1 unspecified atom stereocenters. The molecule has 0 saturated carbocycles. The molecule has 1 atom stereocenters. The Morgan fingerprint density at radius 1 is 2.00 bits per heavy atom. The standard InChI is InChI=1S/C3H3ClFO/c4-3(5)1-2-6/h3H,1H2. The maximum atomic E-state index is 11.2. The van der Waals surface area contributed by atoms with E-state index in [1.54, 1.807) is 0 Å². The van der Waals surface area contributed by atoms with E-state index in [1.807, 2.05) is 0 Å². The first-order valence-electron chi connectivity index (χ1n) is 1.40. The van der Waals surface area contributed by atoms with Gasteiger partial charge in [-0.1, -0.05) is 11.6 Å². The third-order valence-corrected chi connectivity index (χ3v) is 0.392. The van der Waals surface area contributed by atoms with Crippen molar-refractivity contribution in [3.63, 3.8) is 0 Å². The molecule has 0 amide bonds. The number of rotatable bonds is 2. The topological polar surface area (TPSA) is 17.1 Å². The molecule has 0 saturated heterocycles. The van der Waals surface area contributed by atoms with Crippen molar-refractivity contribution in [1.29, 1.82) is 0 Å². The van der Waals surface area contributed by atoms with Crippen LogP contribution in [0.15, 0.2) is 0 Å². The third kappa shape index (κ3) is 3.89. The fraction of sp³-hybridized carbons (Fsp3) is 0.667. The van der Waals surface area contributed by atoms with Crippen LogP contribution in [0.4, 0.5) is 4.39 Å². The van der Waals surface area contributed by atoms with Crippen molar-refractivity contribution in [1.82, 2.24) is 0 Å². The Kier molecular flexibility index (Phi) is 3.04. The van der Waals surface area contributed by atoms with Crippen LogP contribution < -0.4 is 0 Å². The SMILES string of the molecule is O=[C]CC(F)Cl. The maximum absolute atomic E-state index is 11.2. The van der Waals surface area contributed by atoms with Crippen LogP contribution >= 0.6 is 11.6 Å². The average molecular weight is 110 g/mol. The van der Waals surface area contributed by atoms with Gasteiger partial charge in [0.15, 0.2) is 5.63 Å². The van der Waals surface area contributed by atoms with Crippen molar-refractivity contribution >= 4 is 17.9 Å². The summed E-state index contributed by atoms with van der Waals surface area (Å²) < 4.78 is 11.2.